The van der Waals surface area contributed by atoms with Crippen LogP contribution in [-0.4, -0.2) is 32.1 Å². The topological polar surface area (TPSA) is 55.4 Å². The van der Waals surface area contributed by atoms with Gasteiger partial charge in [-0.25, -0.2) is 8.42 Å². The van der Waals surface area contributed by atoms with Crippen LogP contribution in [0.15, 0.2) is 24.3 Å². The number of hydrogen-bond acceptors (Lipinski definition) is 4. The summed E-state index contributed by atoms with van der Waals surface area (Å²) in [6.45, 7) is 6.13. The number of nitrogens with one attached hydrogen (secondary N) is 1. The summed E-state index contributed by atoms with van der Waals surface area (Å²) in [6.07, 6.45) is 1.53. The Bertz CT molecular complexity index is 555. The van der Waals surface area contributed by atoms with E-state index in [1.807, 2.05) is 32.0 Å². The fraction of sp³-hybridized carbons (Fsp3) is 0.625. The fourth-order valence-corrected chi connectivity index (χ4v) is 4.19. The van der Waals surface area contributed by atoms with Gasteiger partial charge in [-0.1, -0.05) is 18.2 Å². The third kappa shape index (κ3) is 4.71. The molecule has 0 aliphatic carbocycles. The zero-order chi connectivity index (χ0) is 15.5. The highest BCUT2D eigenvalue weighted by Crippen LogP contribution is 2.27. The zero-order valence-corrected chi connectivity index (χ0v) is 13.8. The molecule has 1 heterocycles. The average Bonchev–Trinajstić information content (AvgIpc) is 2.41. The van der Waals surface area contributed by atoms with Crippen molar-refractivity contribution in [3.05, 3.63) is 29.8 Å². The Morgan fingerprint density at radius 3 is 2.38 bits per heavy atom. The second kappa shape index (κ2) is 6.79. The van der Waals surface area contributed by atoms with Crippen LogP contribution in [0.1, 0.15) is 45.2 Å². The first-order valence-corrected chi connectivity index (χ1v) is 9.41. The molecule has 0 bridgehead atoms. The normalized spacial score (nSPS) is 20.4. The summed E-state index contributed by atoms with van der Waals surface area (Å²) < 4.78 is 28.8. The van der Waals surface area contributed by atoms with Crippen LogP contribution in [0.4, 0.5) is 0 Å². The standard InChI is InChI=1S/C16H25NO3S/c1-12(2)20-16-7-5-4-6-15(16)13(3)17-14-8-10-21(18,19)11-9-14/h4-7,12-14,17H,8-11H2,1-3H3. The predicted octanol–water partition coefficient (Wildman–Crippen LogP) is 2.70. The molecule has 1 aromatic carbocycles. The minimum Gasteiger partial charge on any atom is -0.491 e. The summed E-state index contributed by atoms with van der Waals surface area (Å²) in [5.74, 6) is 1.49. The van der Waals surface area contributed by atoms with E-state index >= 15 is 0 Å². The molecule has 118 valence electrons. The number of para-hydroxylation sites is 1. The highest BCUT2D eigenvalue weighted by atomic mass is 32.2. The summed E-state index contributed by atoms with van der Waals surface area (Å²) in [6, 6.07) is 8.43. The molecule has 0 amide bonds. The third-order valence-electron chi connectivity index (χ3n) is 3.79. The van der Waals surface area contributed by atoms with E-state index in [1.165, 1.54) is 0 Å². The van der Waals surface area contributed by atoms with E-state index in [9.17, 15) is 8.42 Å². The van der Waals surface area contributed by atoms with Crippen LogP contribution in [0.25, 0.3) is 0 Å². The van der Waals surface area contributed by atoms with Crippen molar-refractivity contribution in [1.29, 1.82) is 0 Å². The highest BCUT2D eigenvalue weighted by molar-refractivity contribution is 7.91. The van der Waals surface area contributed by atoms with Gasteiger partial charge in [0.1, 0.15) is 15.6 Å². The van der Waals surface area contributed by atoms with Gasteiger partial charge >= 0.3 is 0 Å². The molecule has 1 saturated heterocycles. The molecule has 1 aliphatic heterocycles. The SMILES string of the molecule is CC(C)Oc1ccccc1C(C)NC1CCS(=O)(=O)CC1. The molecule has 0 spiro atoms. The lowest BCUT2D eigenvalue weighted by atomic mass is 10.0. The predicted molar refractivity (Wildman–Crippen MR) is 85.4 cm³/mol. The van der Waals surface area contributed by atoms with Crippen molar-refractivity contribution in [2.45, 2.75) is 51.8 Å². The lowest BCUT2D eigenvalue weighted by molar-refractivity contribution is 0.237. The highest BCUT2D eigenvalue weighted by Gasteiger charge is 2.25. The molecule has 5 heteroatoms. The van der Waals surface area contributed by atoms with Crippen molar-refractivity contribution >= 4 is 9.84 Å². The first-order valence-electron chi connectivity index (χ1n) is 7.59. The molecule has 1 aromatic rings. The van der Waals surface area contributed by atoms with Gasteiger partial charge in [-0.2, -0.15) is 0 Å². The van der Waals surface area contributed by atoms with E-state index in [4.69, 9.17) is 4.74 Å². The molecule has 0 saturated carbocycles. The van der Waals surface area contributed by atoms with Crippen LogP contribution in [0.2, 0.25) is 0 Å². The first kappa shape index (κ1) is 16.3. The number of hydrogen-bond donors (Lipinski definition) is 1. The van der Waals surface area contributed by atoms with E-state index in [-0.39, 0.29) is 18.2 Å². The van der Waals surface area contributed by atoms with Gasteiger partial charge in [-0.15, -0.1) is 0 Å². The Hall–Kier alpha value is -1.07. The number of sulfone groups is 1. The van der Waals surface area contributed by atoms with Crippen LogP contribution in [-0.2, 0) is 9.84 Å². The molecule has 1 N–H and O–H groups in total. The van der Waals surface area contributed by atoms with Crippen molar-refractivity contribution in [2.24, 2.45) is 0 Å². The van der Waals surface area contributed by atoms with Crippen molar-refractivity contribution in [1.82, 2.24) is 5.32 Å². The van der Waals surface area contributed by atoms with E-state index in [0.717, 1.165) is 11.3 Å². The average molecular weight is 311 g/mol. The van der Waals surface area contributed by atoms with Gasteiger partial charge in [-0.05, 0) is 39.7 Å². The molecule has 2 rings (SSSR count). The van der Waals surface area contributed by atoms with Gasteiger partial charge in [0.25, 0.3) is 0 Å². The third-order valence-corrected chi connectivity index (χ3v) is 5.50. The maximum Gasteiger partial charge on any atom is 0.150 e. The smallest absolute Gasteiger partial charge is 0.150 e. The van der Waals surface area contributed by atoms with Crippen LogP contribution >= 0.6 is 0 Å². The lowest BCUT2D eigenvalue weighted by Gasteiger charge is -2.28. The summed E-state index contributed by atoms with van der Waals surface area (Å²) in [4.78, 5) is 0. The molecule has 1 atom stereocenters. The Morgan fingerprint density at radius 1 is 1.14 bits per heavy atom. The number of rotatable bonds is 5. The Labute approximate surface area is 127 Å². The number of benzene rings is 1. The van der Waals surface area contributed by atoms with Crippen LogP contribution < -0.4 is 10.1 Å². The van der Waals surface area contributed by atoms with Crippen molar-refractivity contribution in [3.63, 3.8) is 0 Å². The Balaban J connectivity index is 2.02. The van der Waals surface area contributed by atoms with Gasteiger partial charge in [0.15, 0.2) is 0 Å². The first-order chi connectivity index (χ1) is 9.87. The van der Waals surface area contributed by atoms with Crippen molar-refractivity contribution < 1.29 is 13.2 Å². The van der Waals surface area contributed by atoms with Crippen molar-refractivity contribution in [2.75, 3.05) is 11.5 Å². The van der Waals surface area contributed by atoms with E-state index in [1.54, 1.807) is 0 Å². The van der Waals surface area contributed by atoms with Crippen LogP contribution in [0.5, 0.6) is 5.75 Å². The molecule has 1 fully saturated rings. The summed E-state index contributed by atoms with van der Waals surface area (Å²) >= 11 is 0. The van der Waals surface area contributed by atoms with Crippen LogP contribution in [0, 0.1) is 0 Å². The van der Waals surface area contributed by atoms with Gasteiger partial charge in [-0.3, -0.25) is 0 Å². The van der Waals surface area contributed by atoms with Gasteiger partial charge in [0, 0.05) is 17.6 Å². The Kier molecular flexibility index (Phi) is 5.27. The molecule has 4 nitrogen and oxygen atoms in total. The second-order valence-corrected chi connectivity index (χ2v) is 8.32. The van der Waals surface area contributed by atoms with E-state index < -0.39 is 9.84 Å². The molecule has 1 unspecified atom stereocenters. The molecule has 21 heavy (non-hydrogen) atoms. The largest absolute Gasteiger partial charge is 0.491 e. The van der Waals surface area contributed by atoms with Gasteiger partial charge in [0.2, 0.25) is 0 Å². The van der Waals surface area contributed by atoms with Gasteiger partial charge < -0.3 is 10.1 Å². The van der Waals surface area contributed by atoms with E-state index in [0.29, 0.717) is 24.3 Å². The minimum atomic E-state index is -2.80. The van der Waals surface area contributed by atoms with Gasteiger partial charge in [0.05, 0.1) is 17.6 Å². The van der Waals surface area contributed by atoms with Crippen LogP contribution in [0.3, 0.4) is 0 Å². The maximum absolute atomic E-state index is 11.5. The maximum atomic E-state index is 11.5. The second-order valence-electron chi connectivity index (χ2n) is 6.02. The summed E-state index contributed by atoms with van der Waals surface area (Å²) in [5.41, 5.74) is 1.12. The zero-order valence-electron chi connectivity index (χ0n) is 13.0. The molecule has 0 aromatic heterocycles. The molecule has 1 aliphatic rings. The Morgan fingerprint density at radius 2 is 1.76 bits per heavy atom. The summed E-state index contributed by atoms with van der Waals surface area (Å²) in [5, 5.41) is 3.54. The van der Waals surface area contributed by atoms with Crippen molar-refractivity contribution in [3.8, 4) is 5.75 Å². The monoisotopic (exact) mass is 311 g/mol. The lowest BCUT2D eigenvalue weighted by Crippen LogP contribution is -2.38. The molecule has 0 radical (unpaired) electrons. The quantitative estimate of drug-likeness (QED) is 0.908. The molecular formula is C16H25NO3S. The molecular weight excluding hydrogens is 286 g/mol. The minimum absolute atomic E-state index is 0.137. The van der Waals surface area contributed by atoms with E-state index in [2.05, 4.69) is 18.3 Å². The number of ether oxygens (including phenoxy) is 1. The fourth-order valence-electron chi connectivity index (χ4n) is 2.70. The summed E-state index contributed by atoms with van der Waals surface area (Å²) in [7, 11) is -2.80.